The lowest BCUT2D eigenvalue weighted by Crippen LogP contribution is -2.34. The first-order valence-corrected chi connectivity index (χ1v) is 7.73. The minimum atomic E-state index is 0.482. The molecular weight excluding hydrogens is 278 g/mol. The van der Waals surface area contributed by atoms with Gasteiger partial charge in [-0.1, -0.05) is 18.3 Å². The number of aromatic amines is 2. The van der Waals surface area contributed by atoms with Crippen molar-refractivity contribution >= 4 is 28.7 Å². The highest BCUT2D eigenvalue weighted by Crippen LogP contribution is 2.34. The molecule has 3 heterocycles. The van der Waals surface area contributed by atoms with Gasteiger partial charge in [0.15, 0.2) is 11.0 Å². The molecule has 1 aliphatic heterocycles. The molecule has 0 spiro atoms. The monoisotopic (exact) mass is 295 g/mol. The minimum Gasteiger partial charge on any atom is -0.348 e. The van der Waals surface area contributed by atoms with Gasteiger partial charge in [0, 0.05) is 13.1 Å². The fourth-order valence-electron chi connectivity index (χ4n) is 2.48. The summed E-state index contributed by atoms with van der Waals surface area (Å²) in [6.07, 6.45) is 2.57. The Balaban J connectivity index is 1.90. The van der Waals surface area contributed by atoms with Gasteiger partial charge in [0.2, 0.25) is 4.77 Å². The average molecular weight is 295 g/mol. The third-order valence-electron chi connectivity index (χ3n) is 3.43. The molecule has 19 heavy (non-hydrogen) atoms. The fourth-order valence-corrected chi connectivity index (χ4v) is 3.67. The van der Waals surface area contributed by atoms with Crippen LogP contribution in [0.3, 0.4) is 0 Å². The number of hydrogen-bond donors (Lipinski definition) is 2. The first-order valence-electron chi connectivity index (χ1n) is 6.51. The van der Waals surface area contributed by atoms with E-state index in [1.807, 2.05) is 6.92 Å². The van der Waals surface area contributed by atoms with E-state index >= 15 is 0 Å². The van der Waals surface area contributed by atoms with Crippen molar-refractivity contribution < 1.29 is 0 Å². The molecule has 3 rings (SSSR count). The topological polar surface area (TPSA) is 60.6 Å². The van der Waals surface area contributed by atoms with Gasteiger partial charge in [-0.2, -0.15) is 4.98 Å². The molecule has 2 aromatic heterocycles. The number of nitrogens with one attached hydrogen (secondary N) is 2. The molecule has 1 saturated heterocycles. The van der Waals surface area contributed by atoms with E-state index in [-0.39, 0.29) is 0 Å². The quantitative estimate of drug-likeness (QED) is 0.836. The van der Waals surface area contributed by atoms with Crippen molar-refractivity contribution in [2.75, 3.05) is 18.0 Å². The third kappa shape index (κ3) is 2.57. The van der Waals surface area contributed by atoms with E-state index in [4.69, 9.17) is 17.2 Å². The standard InChI is InChI=1S/C12H17N5S2/c1-7-4-3-5-17(6-7)12-13-8(2)9(19-12)10-14-11(18)16-15-10/h7H,3-6H2,1-2H3,(H2,14,15,16,18). The number of nitrogens with zero attached hydrogens (tertiary/aromatic N) is 3. The normalized spacial score (nSPS) is 19.9. The van der Waals surface area contributed by atoms with E-state index in [1.165, 1.54) is 12.8 Å². The Kier molecular flexibility index (Phi) is 3.40. The van der Waals surface area contributed by atoms with Crippen LogP contribution in [0.4, 0.5) is 5.13 Å². The second-order valence-corrected chi connectivity index (χ2v) is 6.48. The number of hydrogen-bond acceptors (Lipinski definition) is 5. The zero-order valence-electron chi connectivity index (χ0n) is 11.1. The Bertz CT molecular complexity index is 626. The van der Waals surface area contributed by atoms with Crippen LogP contribution in [0.25, 0.3) is 10.7 Å². The Labute approximate surface area is 121 Å². The summed E-state index contributed by atoms with van der Waals surface area (Å²) in [5, 5.41) is 6.93. The molecule has 7 heteroatoms. The molecule has 0 aliphatic carbocycles. The van der Waals surface area contributed by atoms with E-state index in [1.54, 1.807) is 11.3 Å². The Morgan fingerprint density at radius 3 is 2.89 bits per heavy atom. The number of rotatable bonds is 2. The van der Waals surface area contributed by atoms with Crippen molar-refractivity contribution in [1.29, 1.82) is 0 Å². The first kappa shape index (κ1) is 12.8. The number of thiazole rings is 1. The number of anilines is 1. The van der Waals surface area contributed by atoms with Crippen LogP contribution in [0.2, 0.25) is 0 Å². The summed E-state index contributed by atoms with van der Waals surface area (Å²) in [5.41, 5.74) is 1.01. The second-order valence-electron chi connectivity index (χ2n) is 5.12. The van der Waals surface area contributed by atoms with Gasteiger partial charge in [-0.15, -0.1) is 0 Å². The lowest BCUT2D eigenvalue weighted by atomic mass is 10.0. The van der Waals surface area contributed by atoms with Crippen molar-refractivity contribution in [2.45, 2.75) is 26.7 Å². The highest BCUT2D eigenvalue weighted by atomic mass is 32.1. The largest absolute Gasteiger partial charge is 0.348 e. The molecule has 0 radical (unpaired) electrons. The molecule has 0 bridgehead atoms. The summed E-state index contributed by atoms with van der Waals surface area (Å²) in [4.78, 5) is 12.4. The van der Waals surface area contributed by atoms with Crippen molar-refractivity contribution in [3.63, 3.8) is 0 Å². The Morgan fingerprint density at radius 2 is 2.21 bits per heavy atom. The molecule has 102 valence electrons. The van der Waals surface area contributed by atoms with Crippen molar-refractivity contribution in [2.24, 2.45) is 5.92 Å². The summed E-state index contributed by atoms with van der Waals surface area (Å²) in [6.45, 7) is 6.53. The second kappa shape index (κ2) is 5.05. The van der Waals surface area contributed by atoms with Gasteiger partial charge in [0.25, 0.3) is 0 Å². The van der Waals surface area contributed by atoms with E-state index in [9.17, 15) is 0 Å². The molecule has 0 saturated carbocycles. The molecule has 2 N–H and O–H groups in total. The average Bonchev–Trinajstić information content (AvgIpc) is 2.95. The van der Waals surface area contributed by atoms with Gasteiger partial charge in [-0.25, -0.2) is 4.98 Å². The fraction of sp³-hybridized carbons (Fsp3) is 0.583. The van der Waals surface area contributed by atoms with E-state index < -0.39 is 0 Å². The summed E-state index contributed by atoms with van der Waals surface area (Å²) in [7, 11) is 0. The Hall–Kier alpha value is -1.21. The van der Waals surface area contributed by atoms with Crippen molar-refractivity contribution in [3.8, 4) is 10.7 Å². The predicted octanol–water partition coefficient (Wildman–Crippen LogP) is 3.14. The van der Waals surface area contributed by atoms with Gasteiger partial charge in [0.1, 0.15) is 0 Å². The smallest absolute Gasteiger partial charge is 0.213 e. The molecule has 1 atom stereocenters. The molecule has 1 unspecified atom stereocenters. The van der Waals surface area contributed by atoms with E-state index in [0.29, 0.717) is 4.77 Å². The summed E-state index contributed by atoms with van der Waals surface area (Å²) < 4.78 is 0.482. The summed E-state index contributed by atoms with van der Waals surface area (Å²) >= 11 is 6.69. The van der Waals surface area contributed by atoms with Gasteiger partial charge < -0.3 is 4.90 Å². The van der Waals surface area contributed by atoms with Gasteiger partial charge in [-0.05, 0) is 37.9 Å². The van der Waals surface area contributed by atoms with Crippen molar-refractivity contribution in [1.82, 2.24) is 20.2 Å². The summed E-state index contributed by atoms with van der Waals surface area (Å²) in [6, 6.07) is 0. The van der Waals surface area contributed by atoms with Crippen molar-refractivity contribution in [3.05, 3.63) is 10.5 Å². The molecule has 0 aromatic carbocycles. The maximum Gasteiger partial charge on any atom is 0.213 e. The number of piperidine rings is 1. The van der Waals surface area contributed by atoms with Crippen LogP contribution in [0, 0.1) is 17.6 Å². The van der Waals surface area contributed by atoms with Crippen LogP contribution in [0.1, 0.15) is 25.5 Å². The van der Waals surface area contributed by atoms with Crippen LogP contribution in [0.15, 0.2) is 0 Å². The van der Waals surface area contributed by atoms with Gasteiger partial charge in [-0.3, -0.25) is 10.2 Å². The molecule has 5 nitrogen and oxygen atoms in total. The number of H-pyrrole nitrogens is 2. The first-order chi connectivity index (χ1) is 9.13. The van der Waals surface area contributed by atoms with E-state index in [2.05, 4.69) is 27.0 Å². The zero-order chi connectivity index (χ0) is 13.4. The highest BCUT2D eigenvalue weighted by Gasteiger charge is 2.21. The molecule has 2 aromatic rings. The van der Waals surface area contributed by atoms with Crippen LogP contribution in [0.5, 0.6) is 0 Å². The molecule has 1 aliphatic rings. The maximum absolute atomic E-state index is 5.00. The third-order valence-corrected chi connectivity index (χ3v) is 4.85. The number of aromatic nitrogens is 4. The van der Waals surface area contributed by atoms with Crippen LogP contribution in [-0.2, 0) is 0 Å². The maximum atomic E-state index is 5.00. The van der Waals surface area contributed by atoms with Crippen LogP contribution < -0.4 is 4.90 Å². The molecular formula is C12H17N5S2. The Morgan fingerprint density at radius 1 is 1.37 bits per heavy atom. The number of aryl methyl sites for hydroxylation is 1. The zero-order valence-corrected chi connectivity index (χ0v) is 12.7. The van der Waals surface area contributed by atoms with Crippen LogP contribution >= 0.6 is 23.6 Å². The summed E-state index contributed by atoms with van der Waals surface area (Å²) in [5.74, 6) is 1.54. The molecule has 0 amide bonds. The van der Waals surface area contributed by atoms with E-state index in [0.717, 1.165) is 40.5 Å². The highest BCUT2D eigenvalue weighted by molar-refractivity contribution is 7.71. The van der Waals surface area contributed by atoms with Gasteiger partial charge in [0.05, 0.1) is 10.6 Å². The van der Waals surface area contributed by atoms with Gasteiger partial charge >= 0.3 is 0 Å². The lowest BCUT2D eigenvalue weighted by molar-refractivity contribution is 0.446. The lowest BCUT2D eigenvalue weighted by Gasteiger charge is -2.30. The SMILES string of the molecule is Cc1nc(N2CCCC(C)C2)sc1-c1nc(=S)[nH][nH]1. The van der Waals surface area contributed by atoms with Crippen LogP contribution in [-0.4, -0.2) is 33.3 Å². The predicted molar refractivity (Wildman–Crippen MR) is 80.2 cm³/mol. The minimum absolute atomic E-state index is 0.482. The molecule has 1 fully saturated rings.